The number of carbonyl (C=O) groups excluding carboxylic acids is 1. The lowest BCUT2D eigenvalue weighted by molar-refractivity contribution is -0.113. The Morgan fingerprint density at radius 3 is 2.43 bits per heavy atom. The first-order valence-electron chi connectivity index (χ1n) is 9.02. The minimum Gasteiger partial charge on any atom is -0.488 e. The zero-order valence-electron chi connectivity index (χ0n) is 15.5. The molecule has 1 aliphatic heterocycles. The molecule has 7 heteroatoms. The molecule has 0 N–H and O–H groups in total. The summed E-state index contributed by atoms with van der Waals surface area (Å²) >= 11 is 6.51. The molecule has 0 bridgehead atoms. The molecule has 3 nitrogen and oxygen atoms in total. The zero-order chi connectivity index (χ0) is 21.1. The van der Waals surface area contributed by atoms with Crippen molar-refractivity contribution in [2.75, 3.05) is 4.90 Å². The van der Waals surface area contributed by atoms with E-state index in [2.05, 4.69) is 0 Å². The highest BCUT2D eigenvalue weighted by molar-refractivity contribution is 8.27. The third-order valence-electron chi connectivity index (χ3n) is 4.43. The Morgan fingerprint density at radius 1 is 0.967 bits per heavy atom. The molecule has 0 saturated carbocycles. The third-order valence-corrected chi connectivity index (χ3v) is 5.73. The lowest BCUT2D eigenvalue weighted by Gasteiger charge is -2.14. The van der Waals surface area contributed by atoms with E-state index in [-0.39, 0.29) is 24.1 Å². The van der Waals surface area contributed by atoms with Crippen molar-refractivity contribution in [1.29, 1.82) is 0 Å². The minimum absolute atomic E-state index is 0.0636. The number of benzene rings is 3. The number of para-hydroxylation sites is 1. The van der Waals surface area contributed by atoms with Crippen LogP contribution in [0.25, 0.3) is 6.08 Å². The van der Waals surface area contributed by atoms with E-state index >= 15 is 0 Å². The van der Waals surface area contributed by atoms with E-state index in [1.165, 1.54) is 35.2 Å². The van der Waals surface area contributed by atoms with Crippen LogP contribution >= 0.6 is 24.0 Å². The molecule has 0 aromatic heterocycles. The largest absolute Gasteiger partial charge is 0.488 e. The molecule has 0 atom stereocenters. The second-order valence-electron chi connectivity index (χ2n) is 6.41. The van der Waals surface area contributed by atoms with Crippen molar-refractivity contribution in [3.05, 3.63) is 100 Å². The predicted molar refractivity (Wildman–Crippen MR) is 119 cm³/mol. The van der Waals surface area contributed by atoms with Crippen molar-refractivity contribution < 1.29 is 18.3 Å². The van der Waals surface area contributed by atoms with Gasteiger partial charge in [0.15, 0.2) is 4.32 Å². The van der Waals surface area contributed by atoms with E-state index in [0.29, 0.717) is 31.8 Å². The van der Waals surface area contributed by atoms with Crippen LogP contribution in [0.1, 0.15) is 11.1 Å². The van der Waals surface area contributed by atoms with Gasteiger partial charge in [-0.2, -0.15) is 0 Å². The topological polar surface area (TPSA) is 29.5 Å². The van der Waals surface area contributed by atoms with Crippen LogP contribution < -0.4 is 9.64 Å². The number of rotatable bonds is 5. The van der Waals surface area contributed by atoms with Gasteiger partial charge in [0.05, 0.1) is 10.6 Å². The van der Waals surface area contributed by atoms with E-state index in [0.717, 1.165) is 11.8 Å². The summed E-state index contributed by atoms with van der Waals surface area (Å²) in [5.74, 6) is -0.496. The SMILES string of the molecule is O=C1/C(=C/c2ccccc2OCc2ccccc2F)SC(=S)N1c1ccc(F)cc1. The van der Waals surface area contributed by atoms with Gasteiger partial charge in [-0.15, -0.1) is 0 Å². The Labute approximate surface area is 182 Å². The first kappa shape index (κ1) is 20.3. The summed E-state index contributed by atoms with van der Waals surface area (Å²) in [6.07, 6.45) is 1.69. The van der Waals surface area contributed by atoms with Crippen molar-refractivity contribution in [2.24, 2.45) is 0 Å². The molecule has 3 aromatic carbocycles. The van der Waals surface area contributed by atoms with Crippen LogP contribution in [0.3, 0.4) is 0 Å². The molecule has 1 heterocycles. The van der Waals surface area contributed by atoms with Crippen LogP contribution in [0, 0.1) is 11.6 Å². The van der Waals surface area contributed by atoms with Crippen molar-refractivity contribution in [3.8, 4) is 5.75 Å². The summed E-state index contributed by atoms with van der Waals surface area (Å²) < 4.78 is 33.2. The molecule has 1 aliphatic rings. The van der Waals surface area contributed by atoms with E-state index in [1.54, 1.807) is 42.5 Å². The summed E-state index contributed by atoms with van der Waals surface area (Å²) in [6, 6.07) is 19.2. The Bertz CT molecular complexity index is 1150. The zero-order valence-corrected chi connectivity index (χ0v) is 17.2. The Balaban J connectivity index is 1.58. The number of ether oxygens (including phenoxy) is 1. The summed E-state index contributed by atoms with van der Waals surface area (Å²) in [7, 11) is 0. The van der Waals surface area contributed by atoms with Gasteiger partial charge in [0, 0.05) is 11.1 Å². The van der Waals surface area contributed by atoms with Gasteiger partial charge in [0.25, 0.3) is 5.91 Å². The van der Waals surface area contributed by atoms with E-state index in [1.807, 2.05) is 6.07 Å². The van der Waals surface area contributed by atoms with E-state index < -0.39 is 0 Å². The number of halogens is 2. The molecule has 0 radical (unpaired) electrons. The van der Waals surface area contributed by atoms with Crippen LogP contribution in [0.15, 0.2) is 77.7 Å². The van der Waals surface area contributed by atoms with Gasteiger partial charge >= 0.3 is 0 Å². The van der Waals surface area contributed by atoms with Crippen molar-refractivity contribution in [2.45, 2.75) is 6.61 Å². The molecular formula is C23H15F2NO2S2. The van der Waals surface area contributed by atoms with Crippen LogP contribution in [-0.4, -0.2) is 10.2 Å². The lowest BCUT2D eigenvalue weighted by atomic mass is 10.1. The maximum absolute atomic E-state index is 13.9. The van der Waals surface area contributed by atoms with Gasteiger partial charge in [-0.3, -0.25) is 9.69 Å². The molecule has 0 aliphatic carbocycles. The van der Waals surface area contributed by atoms with Crippen molar-refractivity contribution >= 4 is 46.0 Å². The quantitative estimate of drug-likeness (QED) is 0.363. The molecule has 150 valence electrons. The highest BCUT2D eigenvalue weighted by Crippen LogP contribution is 2.37. The molecule has 1 amide bonds. The molecule has 30 heavy (non-hydrogen) atoms. The highest BCUT2D eigenvalue weighted by Gasteiger charge is 2.33. The number of hydrogen-bond acceptors (Lipinski definition) is 4. The van der Waals surface area contributed by atoms with Gasteiger partial charge in [-0.05, 0) is 42.5 Å². The average molecular weight is 440 g/mol. The molecule has 1 saturated heterocycles. The second kappa shape index (κ2) is 8.77. The van der Waals surface area contributed by atoms with Crippen LogP contribution in [0.4, 0.5) is 14.5 Å². The second-order valence-corrected chi connectivity index (χ2v) is 8.09. The summed E-state index contributed by atoms with van der Waals surface area (Å²) in [6.45, 7) is 0.0636. The number of amides is 1. The standard InChI is InChI=1S/C23H15F2NO2S2/c24-17-9-11-18(12-10-17)26-22(27)21(30-23(26)29)13-15-5-2-4-8-20(15)28-14-16-6-1-3-7-19(16)25/h1-13H,14H2/b21-13-. The lowest BCUT2D eigenvalue weighted by Crippen LogP contribution is -2.27. The first-order chi connectivity index (χ1) is 14.5. The number of thioether (sulfide) groups is 1. The van der Waals surface area contributed by atoms with Gasteiger partial charge < -0.3 is 4.74 Å². The van der Waals surface area contributed by atoms with Crippen LogP contribution in [0.2, 0.25) is 0 Å². The minimum atomic E-state index is -0.388. The molecule has 1 fully saturated rings. The number of carbonyl (C=O) groups is 1. The molecule has 0 spiro atoms. The van der Waals surface area contributed by atoms with Crippen molar-refractivity contribution in [3.63, 3.8) is 0 Å². The third kappa shape index (κ3) is 4.27. The van der Waals surface area contributed by atoms with Gasteiger partial charge in [-0.1, -0.05) is 60.4 Å². The van der Waals surface area contributed by atoms with E-state index in [9.17, 15) is 13.6 Å². The predicted octanol–water partition coefficient (Wildman–Crippen LogP) is 5.95. The normalized spacial score (nSPS) is 15.1. The van der Waals surface area contributed by atoms with Crippen LogP contribution in [0.5, 0.6) is 5.75 Å². The fraction of sp³-hybridized carbons (Fsp3) is 0.0435. The summed E-state index contributed by atoms with van der Waals surface area (Å²) in [5.41, 5.74) is 1.62. The first-order valence-corrected chi connectivity index (χ1v) is 10.2. The van der Waals surface area contributed by atoms with Crippen LogP contribution in [-0.2, 0) is 11.4 Å². The summed E-state index contributed by atoms with van der Waals surface area (Å²) in [4.78, 5) is 14.7. The molecule has 3 aromatic rings. The number of hydrogen-bond donors (Lipinski definition) is 0. The smallest absolute Gasteiger partial charge is 0.270 e. The highest BCUT2D eigenvalue weighted by atomic mass is 32.2. The number of anilines is 1. The van der Waals surface area contributed by atoms with Crippen molar-refractivity contribution in [1.82, 2.24) is 0 Å². The molecular weight excluding hydrogens is 424 g/mol. The fourth-order valence-electron chi connectivity index (χ4n) is 2.92. The van der Waals surface area contributed by atoms with Gasteiger partial charge in [0.2, 0.25) is 0 Å². The molecule has 0 unspecified atom stereocenters. The monoisotopic (exact) mass is 439 g/mol. The average Bonchev–Trinajstić information content (AvgIpc) is 3.02. The summed E-state index contributed by atoms with van der Waals surface area (Å²) in [5, 5.41) is 0. The molecule has 4 rings (SSSR count). The van der Waals surface area contributed by atoms with E-state index in [4.69, 9.17) is 17.0 Å². The number of nitrogens with zero attached hydrogens (tertiary/aromatic N) is 1. The van der Waals surface area contributed by atoms with Gasteiger partial charge in [-0.25, -0.2) is 8.78 Å². The maximum atomic E-state index is 13.9. The maximum Gasteiger partial charge on any atom is 0.270 e. The fourth-order valence-corrected chi connectivity index (χ4v) is 4.21. The number of thiocarbonyl (C=S) groups is 1. The Hall–Kier alpha value is -3.03. The van der Waals surface area contributed by atoms with Gasteiger partial charge in [0.1, 0.15) is 24.0 Å². The Kier molecular flexibility index (Phi) is 5.92. The Morgan fingerprint density at radius 2 is 1.67 bits per heavy atom.